The summed E-state index contributed by atoms with van der Waals surface area (Å²) in [4.78, 5) is 17.6. The minimum absolute atomic E-state index is 0.0477. The minimum Gasteiger partial charge on any atom is -0.369 e. The van der Waals surface area contributed by atoms with E-state index in [4.69, 9.17) is 5.73 Å². The molecule has 5 aliphatic rings. The zero-order valence-corrected chi connectivity index (χ0v) is 10.8. The van der Waals surface area contributed by atoms with Gasteiger partial charge in [-0.1, -0.05) is 0 Å². The van der Waals surface area contributed by atoms with Crippen molar-refractivity contribution in [3.05, 3.63) is 0 Å². The first kappa shape index (κ1) is 10.8. The number of hydrogen-bond donors (Lipinski definition) is 1. The van der Waals surface area contributed by atoms with Crippen LogP contribution in [0.15, 0.2) is 4.99 Å². The van der Waals surface area contributed by atoms with E-state index >= 15 is 0 Å². The Morgan fingerprint density at radius 3 is 2.17 bits per heavy atom. The molecule has 98 valence electrons. The molecule has 4 nitrogen and oxygen atoms in total. The van der Waals surface area contributed by atoms with Gasteiger partial charge in [0.15, 0.2) is 5.96 Å². The molecule has 0 atom stereocenters. The van der Waals surface area contributed by atoms with Gasteiger partial charge in [-0.2, -0.15) is 4.99 Å². The zero-order chi connectivity index (χ0) is 12.3. The number of carbonyl (C=O) groups excluding carboxylic acids is 1. The lowest BCUT2D eigenvalue weighted by Crippen LogP contribution is -2.64. The summed E-state index contributed by atoms with van der Waals surface area (Å²) in [5.74, 6) is 3.16. The molecule has 4 heteroatoms. The van der Waals surface area contributed by atoms with Gasteiger partial charge in [0, 0.05) is 18.5 Å². The average molecular weight is 247 g/mol. The van der Waals surface area contributed by atoms with Crippen molar-refractivity contribution in [2.75, 3.05) is 6.54 Å². The van der Waals surface area contributed by atoms with Crippen molar-refractivity contribution in [3.8, 4) is 0 Å². The fraction of sp³-hybridized carbons (Fsp3) is 0.857. The number of hydrogen-bond acceptors (Lipinski definition) is 3. The van der Waals surface area contributed by atoms with Crippen LogP contribution < -0.4 is 5.73 Å². The highest BCUT2D eigenvalue weighted by Crippen LogP contribution is 2.57. The van der Waals surface area contributed by atoms with Gasteiger partial charge in [-0.3, -0.25) is 4.79 Å². The van der Waals surface area contributed by atoms with Gasteiger partial charge in [0.1, 0.15) is 0 Å². The molecule has 4 aliphatic carbocycles. The molecule has 1 heterocycles. The Bertz CT molecular complexity index is 393. The summed E-state index contributed by atoms with van der Waals surface area (Å²) in [6.07, 6.45) is 8.69. The molecule has 0 radical (unpaired) electrons. The molecule has 0 aromatic heterocycles. The van der Waals surface area contributed by atoms with Crippen LogP contribution in [0.2, 0.25) is 0 Å². The van der Waals surface area contributed by atoms with Crippen LogP contribution in [0.4, 0.5) is 0 Å². The second-order valence-electron chi connectivity index (χ2n) is 6.91. The summed E-state index contributed by atoms with van der Waals surface area (Å²) >= 11 is 0. The first-order valence-electron chi connectivity index (χ1n) is 7.29. The van der Waals surface area contributed by atoms with Crippen LogP contribution in [0, 0.1) is 17.8 Å². The highest BCUT2D eigenvalue weighted by atomic mass is 16.1. The SMILES string of the molecule is NC1=NC(=O)CCN1C12CC3CC(CC(C3)C1)C2. The zero-order valence-electron chi connectivity index (χ0n) is 10.8. The Hall–Kier alpha value is -1.06. The molecule has 2 N–H and O–H groups in total. The molecule has 4 bridgehead atoms. The fourth-order valence-electron chi connectivity index (χ4n) is 5.44. The second kappa shape index (κ2) is 3.49. The Labute approximate surface area is 108 Å². The van der Waals surface area contributed by atoms with E-state index in [-0.39, 0.29) is 11.4 Å². The number of carbonyl (C=O) groups is 1. The lowest BCUT2D eigenvalue weighted by molar-refractivity contribution is -0.120. The Kier molecular flexibility index (Phi) is 2.10. The van der Waals surface area contributed by atoms with Crippen LogP contribution in [0.1, 0.15) is 44.9 Å². The molecule has 0 spiro atoms. The Balaban J connectivity index is 1.67. The molecule has 0 aromatic rings. The van der Waals surface area contributed by atoms with Crippen molar-refractivity contribution in [1.29, 1.82) is 0 Å². The van der Waals surface area contributed by atoms with Crippen molar-refractivity contribution < 1.29 is 4.79 Å². The largest absolute Gasteiger partial charge is 0.369 e. The quantitative estimate of drug-likeness (QED) is 0.764. The van der Waals surface area contributed by atoms with E-state index in [0.717, 1.165) is 24.3 Å². The predicted octanol–water partition coefficient (Wildman–Crippen LogP) is 1.50. The molecule has 1 amide bonds. The maximum atomic E-state index is 11.4. The van der Waals surface area contributed by atoms with Crippen LogP contribution >= 0.6 is 0 Å². The predicted molar refractivity (Wildman–Crippen MR) is 68.9 cm³/mol. The molecule has 4 saturated carbocycles. The topological polar surface area (TPSA) is 58.7 Å². The third-order valence-corrected chi connectivity index (χ3v) is 5.64. The molecular formula is C14H21N3O. The molecule has 4 fully saturated rings. The van der Waals surface area contributed by atoms with Gasteiger partial charge in [0.05, 0.1) is 0 Å². The molecule has 0 aromatic carbocycles. The van der Waals surface area contributed by atoms with Crippen molar-refractivity contribution >= 4 is 11.9 Å². The first-order chi connectivity index (χ1) is 8.64. The number of nitrogens with two attached hydrogens (primary N) is 1. The minimum atomic E-state index is -0.0477. The van der Waals surface area contributed by atoms with Crippen molar-refractivity contribution in [3.63, 3.8) is 0 Å². The van der Waals surface area contributed by atoms with E-state index in [1.54, 1.807) is 0 Å². The fourth-order valence-corrected chi connectivity index (χ4v) is 5.44. The smallest absolute Gasteiger partial charge is 0.250 e. The third-order valence-electron chi connectivity index (χ3n) is 5.64. The van der Waals surface area contributed by atoms with Gasteiger partial charge < -0.3 is 10.6 Å². The highest BCUT2D eigenvalue weighted by Gasteiger charge is 2.54. The number of aliphatic imine (C=N–C) groups is 1. The Morgan fingerprint density at radius 2 is 1.67 bits per heavy atom. The first-order valence-corrected chi connectivity index (χ1v) is 7.29. The monoisotopic (exact) mass is 247 g/mol. The Morgan fingerprint density at radius 1 is 1.11 bits per heavy atom. The molecule has 1 aliphatic heterocycles. The average Bonchev–Trinajstić information content (AvgIpc) is 2.26. The highest BCUT2D eigenvalue weighted by molar-refractivity contribution is 5.95. The standard InChI is InChI=1S/C14H21N3O/c15-13-16-12(18)1-2-17(13)14-6-9-3-10(7-14)5-11(4-9)8-14/h9-11H,1-8H2,(H2,15,16,18). The van der Waals surface area contributed by atoms with Crippen molar-refractivity contribution in [2.45, 2.75) is 50.5 Å². The second-order valence-corrected chi connectivity index (χ2v) is 6.91. The summed E-state index contributed by atoms with van der Waals surface area (Å²) < 4.78 is 0. The molecular weight excluding hydrogens is 226 g/mol. The molecule has 0 unspecified atom stereocenters. The maximum absolute atomic E-state index is 11.4. The van der Waals surface area contributed by atoms with Crippen LogP contribution in [0.3, 0.4) is 0 Å². The van der Waals surface area contributed by atoms with E-state index in [0.29, 0.717) is 12.4 Å². The number of rotatable bonds is 1. The normalized spacial score (nSPS) is 46.4. The van der Waals surface area contributed by atoms with Crippen LogP contribution in [-0.4, -0.2) is 28.9 Å². The van der Waals surface area contributed by atoms with Gasteiger partial charge >= 0.3 is 0 Å². The van der Waals surface area contributed by atoms with Gasteiger partial charge in [0.2, 0.25) is 0 Å². The van der Waals surface area contributed by atoms with Gasteiger partial charge in [-0.05, 0) is 56.3 Å². The molecule has 5 rings (SSSR count). The molecule has 0 saturated heterocycles. The summed E-state index contributed by atoms with van der Waals surface area (Å²) in [7, 11) is 0. The third kappa shape index (κ3) is 1.44. The van der Waals surface area contributed by atoms with Gasteiger partial charge in [-0.15, -0.1) is 0 Å². The van der Waals surface area contributed by atoms with Crippen molar-refractivity contribution in [1.82, 2.24) is 4.90 Å². The van der Waals surface area contributed by atoms with Crippen LogP contribution in [0.25, 0.3) is 0 Å². The van der Waals surface area contributed by atoms with Gasteiger partial charge in [0.25, 0.3) is 5.91 Å². The summed E-state index contributed by atoms with van der Waals surface area (Å²) in [5, 5.41) is 0. The lowest BCUT2D eigenvalue weighted by atomic mass is 9.52. The summed E-state index contributed by atoms with van der Waals surface area (Å²) in [6, 6.07) is 0. The maximum Gasteiger partial charge on any atom is 0.250 e. The van der Waals surface area contributed by atoms with Crippen LogP contribution in [0.5, 0.6) is 0 Å². The summed E-state index contributed by atoms with van der Waals surface area (Å²) in [5.41, 5.74) is 6.30. The number of amides is 1. The van der Waals surface area contributed by atoms with Gasteiger partial charge in [-0.25, -0.2) is 0 Å². The summed E-state index contributed by atoms with van der Waals surface area (Å²) in [6.45, 7) is 0.792. The number of nitrogens with zero attached hydrogens (tertiary/aromatic N) is 2. The van der Waals surface area contributed by atoms with E-state index in [9.17, 15) is 4.79 Å². The van der Waals surface area contributed by atoms with Crippen LogP contribution in [-0.2, 0) is 4.79 Å². The van der Waals surface area contributed by atoms with E-state index < -0.39 is 0 Å². The molecule has 18 heavy (non-hydrogen) atoms. The lowest BCUT2D eigenvalue weighted by Gasteiger charge is -2.61. The van der Waals surface area contributed by atoms with E-state index in [2.05, 4.69) is 9.89 Å². The van der Waals surface area contributed by atoms with E-state index in [1.807, 2.05) is 0 Å². The van der Waals surface area contributed by atoms with E-state index in [1.165, 1.54) is 38.5 Å². The van der Waals surface area contributed by atoms with Crippen molar-refractivity contribution in [2.24, 2.45) is 28.5 Å². The number of guanidine groups is 1.